The Kier molecular flexibility index (Phi) is 13.6. The monoisotopic (exact) mass is 751 g/mol. The van der Waals surface area contributed by atoms with Crippen LogP contribution in [0.4, 0.5) is 5.82 Å². The summed E-state index contributed by atoms with van der Waals surface area (Å²) in [6, 6.07) is 50.0. The smallest absolute Gasteiger partial charge is 0.351 e. The zero-order chi connectivity index (χ0) is 38.4. The summed E-state index contributed by atoms with van der Waals surface area (Å²) < 4.78 is 35.1. The summed E-state index contributed by atoms with van der Waals surface area (Å²) >= 11 is 0. The lowest BCUT2D eigenvalue weighted by molar-refractivity contribution is -0.185. The Labute approximate surface area is 326 Å². The molecule has 0 spiro atoms. The number of carbonyl (C=O) groups excluding carboxylic acids is 1. The number of aromatic nitrogens is 2. The molecule has 10 nitrogen and oxygen atoms in total. The van der Waals surface area contributed by atoms with Gasteiger partial charge in [-0.25, -0.2) is 4.79 Å². The molecule has 1 aromatic heterocycles. The highest BCUT2D eigenvalue weighted by atomic mass is 16.6. The summed E-state index contributed by atoms with van der Waals surface area (Å²) in [5.74, 6) is -0.246. The van der Waals surface area contributed by atoms with Gasteiger partial charge in [-0.05, 0) is 40.5 Å². The van der Waals surface area contributed by atoms with Crippen LogP contribution >= 0.6 is 0 Å². The zero-order valence-electron chi connectivity index (χ0n) is 31.0. The fourth-order valence-electron chi connectivity index (χ4n) is 6.63. The first-order valence-electron chi connectivity index (χ1n) is 18.8. The van der Waals surface area contributed by atoms with Gasteiger partial charge >= 0.3 is 5.69 Å². The van der Waals surface area contributed by atoms with Gasteiger partial charge in [-0.1, -0.05) is 140 Å². The third kappa shape index (κ3) is 10.7. The topological polar surface area (TPSA) is 110 Å². The van der Waals surface area contributed by atoms with Crippen LogP contribution < -0.4 is 11.0 Å². The molecule has 0 unspecified atom stereocenters. The van der Waals surface area contributed by atoms with Crippen molar-refractivity contribution in [1.29, 1.82) is 0 Å². The number of carbonyl (C=O) groups is 1. The molecule has 7 rings (SSSR count). The summed E-state index contributed by atoms with van der Waals surface area (Å²) in [7, 11) is 0. The second-order valence-corrected chi connectivity index (χ2v) is 13.5. The molecule has 1 aliphatic rings. The molecule has 10 heteroatoms. The van der Waals surface area contributed by atoms with E-state index in [1.54, 1.807) is 36.5 Å². The van der Waals surface area contributed by atoms with Crippen molar-refractivity contribution >= 4 is 11.7 Å². The van der Waals surface area contributed by atoms with Gasteiger partial charge < -0.3 is 29.0 Å². The highest BCUT2D eigenvalue weighted by Crippen LogP contribution is 2.33. The number of benzene rings is 5. The predicted molar refractivity (Wildman–Crippen MR) is 213 cm³/mol. The summed E-state index contributed by atoms with van der Waals surface area (Å²) in [5.41, 5.74) is 3.81. The van der Waals surface area contributed by atoms with Gasteiger partial charge in [0, 0.05) is 18.2 Å². The quantitative estimate of drug-likeness (QED) is 0.107. The van der Waals surface area contributed by atoms with Crippen molar-refractivity contribution in [2.24, 2.45) is 0 Å². The van der Waals surface area contributed by atoms with Crippen molar-refractivity contribution in [2.45, 2.75) is 63.5 Å². The number of anilines is 1. The molecule has 1 aliphatic heterocycles. The van der Waals surface area contributed by atoms with Gasteiger partial charge in [-0.2, -0.15) is 4.98 Å². The van der Waals surface area contributed by atoms with Crippen LogP contribution in [0.5, 0.6) is 0 Å². The van der Waals surface area contributed by atoms with E-state index < -0.39 is 36.3 Å². The Morgan fingerprint density at radius 3 is 1.64 bits per heavy atom. The minimum Gasteiger partial charge on any atom is -0.374 e. The van der Waals surface area contributed by atoms with Crippen LogP contribution in [0, 0.1) is 0 Å². The molecule has 5 atom stereocenters. The number of nitrogens with one attached hydrogen (secondary N) is 1. The van der Waals surface area contributed by atoms with Crippen LogP contribution in [0.3, 0.4) is 0 Å². The van der Waals surface area contributed by atoms with Crippen LogP contribution in [0.15, 0.2) is 169 Å². The van der Waals surface area contributed by atoms with Gasteiger partial charge in [-0.15, -0.1) is 0 Å². The molecule has 1 saturated heterocycles. The molecular weight excluding hydrogens is 707 g/mol. The maximum atomic E-state index is 13.8. The molecule has 56 heavy (non-hydrogen) atoms. The lowest BCUT2D eigenvalue weighted by Gasteiger charge is -2.34. The van der Waals surface area contributed by atoms with Crippen LogP contribution in [0.25, 0.3) is 0 Å². The van der Waals surface area contributed by atoms with E-state index in [-0.39, 0.29) is 31.4 Å². The normalized spacial score (nSPS) is 19.5. The lowest BCUT2D eigenvalue weighted by atomic mass is 10.0. The van der Waals surface area contributed by atoms with E-state index in [0.29, 0.717) is 25.4 Å². The molecule has 1 fully saturated rings. The van der Waals surface area contributed by atoms with Crippen molar-refractivity contribution in [2.75, 3.05) is 11.9 Å². The van der Waals surface area contributed by atoms with Gasteiger partial charge in [0.2, 0.25) is 0 Å². The van der Waals surface area contributed by atoms with Crippen molar-refractivity contribution in [3.8, 4) is 0 Å². The summed E-state index contributed by atoms with van der Waals surface area (Å²) in [4.78, 5) is 31.0. The molecule has 6 aromatic rings. The standard InChI is InChI=1S/C46H45N3O7/c50-45(38-24-14-5-15-25-38)47-41-26-27-49(46(51)48-41)42-28-39(53-30-35-18-8-2-9-19-35)43(54-31-36-20-10-3-11-21-36)44(55-32-37-22-12-4-13-23-37)40(56-42)33-52-29-34-16-6-1-7-17-34/h1-27,39-40,42-44H,28-33H2,(H,47,48,50,51)/t39-,40+,42+,43-,44+/m0/s1. The average molecular weight is 752 g/mol. The molecule has 286 valence electrons. The van der Waals surface area contributed by atoms with Crippen molar-refractivity contribution in [3.05, 3.63) is 202 Å². The maximum absolute atomic E-state index is 13.8. The minimum absolute atomic E-state index is 0.126. The lowest BCUT2D eigenvalue weighted by Crippen LogP contribution is -2.48. The second-order valence-electron chi connectivity index (χ2n) is 13.5. The number of rotatable bonds is 16. The van der Waals surface area contributed by atoms with E-state index >= 15 is 0 Å². The first-order valence-corrected chi connectivity index (χ1v) is 18.8. The molecule has 0 saturated carbocycles. The molecule has 5 aromatic carbocycles. The third-order valence-electron chi connectivity index (χ3n) is 9.51. The van der Waals surface area contributed by atoms with Crippen molar-refractivity contribution in [3.63, 3.8) is 0 Å². The van der Waals surface area contributed by atoms with E-state index in [2.05, 4.69) is 10.3 Å². The zero-order valence-corrected chi connectivity index (χ0v) is 31.0. The van der Waals surface area contributed by atoms with Gasteiger partial charge in [0.25, 0.3) is 5.91 Å². The third-order valence-corrected chi connectivity index (χ3v) is 9.51. The molecule has 2 heterocycles. The van der Waals surface area contributed by atoms with Gasteiger partial charge in [0.1, 0.15) is 30.4 Å². The maximum Gasteiger partial charge on any atom is 0.351 e. The van der Waals surface area contributed by atoms with E-state index in [9.17, 15) is 9.59 Å². The average Bonchev–Trinajstić information content (AvgIpc) is 3.39. The van der Waals surface area contributed by atoms with Gasteiger partial charge in [0.05, 0.1) is 39.1 Å². The Morgan fingerprint density at radius 2 is 1.11 bits per heavy atom. The van der Waals surface area contributed by atoms with Crippen molar-refractivity contribution in [1.82, 2.24) is 9.55 Å². The largest absolute Gasteiger partial charge is 0.374 e. The fourth-order valence-corrected chi connectivity index (χ4v) is 6.63. The van der Waals surface area contributed by atoms with E-state index in [4.69, 9.17) is 23.7 Å². The predicted octanol–water partition coefficient (Wildman–Crippen LogP) is 7.76. The summed E-state index contributed by atoms with van der Waals surface area (Å²) in [6.45, 7) is 1.35. The molecule has 1 N–H and O–H groups in total. The van der Waals surface area contributed by atoms with E-state index in [1.807, 2.05) is 127 Å². The Balaban J connectivity index is 1.23. The highest BCUT2D eigenvalue weighted by Gasteiger charge is 2.44. The second kappa shape index (κ2) is 19.7. The molecule has 1 amide bonds. The Bertz CT molecular complexity index is 2140. The van der Waals surface area contributed by atoms with Crippen LogP contribution in [0.2, 0.25) is 0 Å². The van der Waals surface area contributed by atoms with Crippen LogP contribution in [0.1, 0.15) is 45.3 Å². The van der Waals surface area contributed by atoms with Crippen molar-refractivity contribution < 1.29 is 28.5 Å². The summed E-state index contributed by atoms with van der Waals surface area (Å²) in [5, 5.41) is 2.73. The fraction of sp³-hybridized carbons (Fsp3) is 0.239. The Morgan fingerprint density at radius 1 is 0.625 bits per heavy atom. The van der Waals surface area contributed by atoms with E-state index in [0.717, 1.165) is 22.3 Å². The molecule has 0 bridgehead atoms. The number of hydrogen-bond donors (Lipinski definition) is 1. The molecule has 0 radical (unpaired) electrons. The number of ether oxygens (including phenoxy) is 5. The SMILES string of the molecule is O=C(Nc1ccn([C@H]2C[C@H](OCc3ccccc3)[C@H](OCc3ccccc3)[C@H](OCc3ccccc3)[C@@H](COCc3ccccc3)O2)c(=O)n1)c1ccccc1. The highest BCUT2D eigenvalue weighted by molar-refractivity contribution is 6.03. The Hall–Kier alpha value is -5.75. The number of amides is 1. The molecule has 0 aliphatic carbocycles. The van der Waals surface area contributed by atoms with Crippen LogP contribution in [-0.4, -0.2) is 46.5 Å². The number of hydrogen-bond acceptors (Lipinski definition) is 8. The summed E-state index contributed by atoms with van der Waals surface area (Å²) in [6.07, 6.45) is -1.69. The minimum atomic E-state index is -0.854. The molecular formula is C46H45N3O7. The van der Waals surface area contributed by atoms with E-state index in [1.165, 1.54) is 4.57 Å². The van der Waals surface area contributed by atoms with Crippen LogP contribution in [-0.2, 0) is 50.1 Å². The first-order chi connectivity index (χ1) is 27.6. The number of nitrogens with zero attached hydrogens (tertiary/aromatic N) is 2. The van der Waals surface area contributed by atoms with Gasteiger partial charge in [-0.3, -0.25) is 9.36 Å². The van der Waals surface area contributed by atoms with Gasteiger partial charge in [0.15, 0.2) is 0 Å². The first kappa shape index (κ1) is 38.5.